The fraction of sp³-hybridized carbons (Fsp3) is 0.727. The topological polar surface area (TPSA) is 238 Å². The van der Waals surface area contributed by atoms with Gasteiger partial charge in [-0.15, -0.1) is 0 Å². The Morgan fingerprint density at radius 3 is 2.39 bits per heavy atom. The van der Waals surface area contributed by atoms with Gasteiger partial charge in [0.25, 0.3) is 10.1 Å². The van der Waals surface area contributed by atoms with E-state index in [9.17, 15) is 23.1 Å². The van der Waals surface area contributed by atoms with Crippen LogP contribution in [0.2, 0.25) is 0 Å². The van der Waals surface area contributed by atoms with Gasteiger partial charge in [0.15, 0.2) is 12.1 Å². The van der Waals surface area contributed by atoms with Gasteiger partial charge in [0.2, 0.25) is 0 Å². The number of methoxy groups -OCH3 is 1. The third-order valence-electron chi connectivity index (χ3n) is 12.8. The molecule has 0 amide bonds. The van der Waals surface area contributed by atoms with Gasteiger partial charge in [0.1, 0.15) is 36.6 Å². The number of Topliss-reactive ketones (excluding diaryl/α,β-unsaturated/α-hetero) is 1. The van der Waals surface area contributed by atoms with Gasteiger partial charge < -0.3 is 43.8 Å². The number of imidazole rings is 1. The molecule has 0 radical (unpaired) electrons. The molecule has 0 aliphatic carbocycles. The van der Waals surface area contributed by atoms with Crippen molar-refractivity contribution in [2.24, 2.45) is 39.7 Å². The average Bonchev–Trinajstić information content (AvgIpc) is 3.71. The minimum Gasteiger partial charge on any atom is -0.459 e. The van der Waals surface area contributed by atoms with Crippen molar-refractivity contribution in [3.63, 3.8) is 0 Å². The maximum Gasteiger partial charge on any atom is 0.316 e. The van der Waals surface area contributed by atoms with Crippen LogP contribution in [-0.2, 0) is 50.0 Å². The Kier molecular flexibility index (Phi) is 18.6. The Labute approximate surface area is 378 Å². The summed E-state index contributed by atoms with van der Waals surface area (Å²) in [6, 6.07) is 3.65. The number of amidine groups is 1. The second-order valence-electron chi connectivity index (χ2n) is 18.1. The highest BCUT2D eigenvalue weighted by Crippen LogP contribution is 2.45. The Morgan fingerprint density at radius 1 is 1.11 bits per heavy atom. The second-order valence-corrected chi connectivity index (χ2v) is 19.5. The van der Waals surface area contributed by atoms with Crippen molar-refractivity contribution in [2.45, 2.75) is 136 Å². The van der Waals surface area contributed by atoms with Gasteiger partial charge in [-0.05, 0) is 79.6 Å². The molecule has 5 rings (SSSR count). The second kappa shape index (κ2) is 22.5. The largest absolute Gasteiger partial charge is 0.459 e. The minimum absolute atomic E-state index is 0.215. The van der Waals surface area contributed by atoms with Crippen molar-refractivity contribution in [1.82, 2.24) is 30.3 Å². The zero-order valence-electron chi connectivity index (χ0n) is 39.7. The molecule has 19 nitrogen and oxygen atoms in total. The molecule has 20 heteroatoms. The molecule has 2 aromatic heterocycles. The normalized spacial score (nSPS) is 34.7. The number of cyclic esters (lactones) is 1. The van der Waals surface area contributed by atoms with E-state index in [2.05, 4.69) is 44.4 Å². The monoisotopic (exact) mass is 921 g/mol. The highest BCUT2D eigenvalue weighted by molar-refractivity contribution is 7.85. The van der Waals surface area contributed by atoms with Crippen molar-refractivity contribution >= 4 is 33.4 Å². The van der Waals surface area contributed by atoms with E-state index in [0.29, 0.717) is 37.9 Å². The van der Waals surface area contributed by atoms with E-state index in [1.54, 1.807) is 33.4 Å². The van der Waals surface area contributed by atoms with Crippen LogP contribution in [-0.4, -0.2) is 150 Å². The maximum absolute atomic E-state index is 14.4. The number of carbonyl (C=O) groups is 2. The van der Waals surface area contributed by atoms with Gasteiger partial charge in [-0.25, -0.2) is 10.4 Å². The zero-order valence-corrected chi connectivity index (χ0v) is 40.5. The number of carbonyl (C=O) groups excluding carboxylic acids is 2. The summed E-state index contributed by atoms with van der Waals surface area (Å²) in [7, 11) is 3.26. The van der Waals surface area contributed by atoms with E-state index in [1.807, 2.05) is 71.3 Å². The van der Waals surface area contributed by atoms with Gasteiger partial charge in [0, 0.05) is 68.1 Å². The summed E-state index contributed by atoms with van der Waals surface area (Å²) >= 11 is 0. The molecular formula is C44H72N8O11S. The van der Waals surface area contributed by atoms with E-state index in [4.69, 9.17) is 33.3 Å². The quantitative estimate of drug-likeness (QED) is 0.0779. The number of rotatable bonds is 12. The van der Waals surface area contributed by atoms with Crippen LogP contribution in [0.3, 0.4) is 0 Å². The number of ether oxygens (including phenoxy) is 4. The number of hydrogen-bond acceptors (Lipinski definition) is 17. The Bertz CT molecular complexity index is 2010. The molecule has 360 valence electrons. The number of aliphatic imine (C=N–C) groups is 1. The molecule has 2 fully saturated rings. The molecule has 2 saturated heterocycles. The zero-order chi connectivity index (χ0) is 47.7. The van der Waals surface area contributed by atoms with E-state index < -0.39 is 63.7 Å². The average molecular weight is 921 g/mol. The van der Waals surface area contributed by atoms with Gasteiger partial charge in [-0.3, -0.25) is 24.1 Å². The molecule has 3 aliphatic heterocycles. The first-order chi connectivity index (χ1) is 30.0. The van der Waals surface area contributed by atoms with Gasteiger partial charge >= 0.3 is 5.97 Å². The van der Waals surface area contributed by atoms with Crippen molar-refractivity contribution < 1.29 is 51.5 Å². The van der Waals surface area contributed by atoms with Crippen molar-refractivity contribution in [1.29, 1.82) is 0 Å². The first kappa shape index (κ1) is 52.7. The Morgan fingerprint density at radius 2 is 1.80 bits per heavy atom. The smallest absolute Gasteiger partial charge is 0.316 e. The number of hydrazine groups is 1. The predicted octanol–water partition coefficient (Wildman–Crippen LogP) is 3.78. The number of aryl methyl sites for hydroxylation is 1. The number of aliphatic hydroxyl groups is 1. The number of nitrogens with one attached hydrogen (secondary N) is 2. The molecule has 0 bridgehead atoms. The highest BCUT2D eigenvalue weighted by Gasteiger charge is 2.57. The predicted molar refractivity (Wildman–Crippen MR) is 242 cm³/mol. The lowest BCUT2D eigenvalue weighted by Crippen LogP contribution is -2.65. The van der Waals surface area contributed by atoms with Gasteiger partial charge in [-0.1, -0.05) is 32.9 Å². The fourth-order valence-corrected chi connectivity index (χ4v) is 9.41. The summed E-state index contributed by atoms with van der Waals surface area (Å²) in [5, 5.41) is 16.1. The Hall–Kier alpha value is -3.89. The molecular weight excluding hydrogens is 849 g/mol. The van der Waals surface area contributed by atoms with Crippen LogP contribution >= 0.6 is 0 Å². The number of aromatic nitrogens is 3. The molecule has 3 aliphatic rings. The van der Waals surface area contributed by atoms with E-state index in [0.717, 1.165) is 29.9 Å². The van der Waals surface area contributed by atoms with E-state index in [1.165, 1.54) is 7.11 Å². The number of pyridine rings is 1. The van der Waals surface area contributed by atoms with Crippen molar-refractivity contribution in [3.8, 4) is 11.3 Å². The molecule has 13 atom stereocenters. The summed E-state index contributed by atoms with van der Waals surface area (Å²) in [4.78, 5) is 49.6. The van der Waals surface area contributed by atoms with Crippen LogP contribution < -0.4 is 10.9 Å². The fourth-order valence-electron chi connectivity index (χ4n) is 9.41. The number of fused-ring (bicyclic) bond motifs is 1. The molecule has 2 aromatic rings. The van der Waals surface area contributed by atoms with Crippen LogP contribution in [0.5, 0.6) is 0 Å². The third-order valence-corrected chi connectivity index (χ3v) is 12.8. The van der Waals surface area contributed by atoms with E-state index >= 15 is 0 Å². The molecule has 0 saturated carbocycles. The summed E-state index contributed by atoms with van der Waals surface area (Å²) in [6.45, 7) is 16.6. The lowest BCUT2D eigenvalue weighted by Gasteiger charge is -2.51. The van der Waals surface area contributed by atoms with Crippen LogP contribution in [0.15, 0.2) is 47.2 Å². The first-order valence-electron chi connectivity index (χ1n) is 22.0. The standard InChI is InChI=1S/C43H68N8O8.CH4O3S/c1-13-33-43(8)34(39(47-43)48-46-18-15-19-51-23-31(45-24-51)30-16-14-17-44-22-30)27(4)35(49-56-12)25(2)21-42(7,55-11)38(28(5)36(52)29(6)40(54)58-33)59-41-37(53)32(50(9)10)20-26(3)57-41;1-5(2,3)4/h14,16-17,22-29,32-34,37-38,41,46,53H,13,15,18-21H2,1-12H3,(H,47,48);1H3,(H,2,3,4)/b49-35+;/t25-,26-,27-,28+,29-,32+,33-,34?,37-,38-,41+,42-,43-;/m1./s1. The first-order valence-corrected chi connectivity index (χ1v) is 23.8. The number of hydrogen-bond donors (Lipinski definition) is 4. The molecule has 64 heavy (non-hydrogen) atoms. The van der Waals surface area contributed by atoms with Gasteiger partial charge in [0.05, 0.1) is 47.7 Å². The summed E-state index contributed by atoms with van der Waals surface area (Å²) in [6.07, 6.45) is 6.51. The molecule has 0 spiro atoms. The number of oxime groups is 1. The van der Waals surface area contributed by atoms with Crippen molar-refractivity contribution in [3.05, 3.63) is 37.1 Å². The van der Waals surface area contributed by atoms with Crippen LogP contribution in [0.25, 0.3) is 11.3 Å². The SMILES string of the molecule is CC[C@H]1OC(=O)[C@H](C)C(=O)[C@H](C)[C@@H](O[C@@H]2O[C@H](C)C[C@H](N(C)C)[C@H]2O)[C@](C)(OC)C[C@@H](C)/C(=N\OC)[C@H](C)C2C(NNCCCn3cnc(-c4cccnc4)c3)=N[C@@]21C.CS(=O)(=O)O. The number of nitrogens with zero attached hydrogens (tertiary/aromatic N) is 6. The molecule has 5 heterocycles. The Balaban J connectivity index is 0.00000170. The lowest BCUT2D eigenvalue weighted by atomic mass is 9.65. The summed E-state index contributed by atoms with van der Waals surface area (Å²) in [5.74, 6) is -3.02. The number of ketones is 1. The number of likely N-dealkylation sites (N-methyl/N-ethyl adjacent to an activating group) is 1. The van der Waals surface area contributed by atoms with Crippen LogP contribution in [0, 0.1) is 29.6 Å². The summed E-state index contributed by atoms with van der Waals surface area (Å²) in [5.41, 5.74) is 7.35. The van der Waals surface area contributed by atoms with E-state index in [-0.39, 0.29) is 35.7 Å². The number of esters is 1. The van der Waals surface area contributed by atoms with Crippen LogP contribution in [0.1, 0.15) is 81.1 Å². The van der Waals surface area contributed by atoms with Crippen LogP contribution in [0.4, 0.5) is 0 Å². The summed E-state index contributed by atoms with van der Waals surface area (Å²) < 4.78 is 53.4. The third kappa shape index (κ3) is 12.9. The van der Waals surface area contributed by atoms with Crippen molar-refractivity contribution in [2.75, 3.05) is 41.1 Å². The molecule has 4 N–H and O–H groups in total. The maximum atomic E-state index is 14.4. The minimum atomic E-state index is -3.67. The lowest BCUT2D eigenvalue weighted by molar-refractivity contribution is -0.295. The molecule has 1 unspecified atom stereocenters. The number of aliphatic hydroxyl groups excluding tert-OH is 1. The highest BCUT2D eigenvalue weighted by atomic mass is 32.2. The molecule has 0 aromatic carbocycles. The van der Waals surface area contributed by atoms with Gasteiger partial charge in [-0.2, -0.15) is 8.42 Å².